The molecule has 4 aliphatic heterocycles. The fraction of sp³-hybridized carbons (Fsp3) is 0.467. The summed E-state index contributed by atoms with van der Waals surface area (Å²) in [5, 5.41) is 11.2. The lowest BCUT2D eigenvalue weighted by Crippen LogP contribution is -2.35. The molecule has 0 spiro atoms. The van der Waals surface area contributed by atoms with Crippen molar-refractivity contribution < 1.29 is 13.7 Å². The normalized spacial score (nSPS) is 26.7. The number of thiol groups is 1. The van der Waals surface area contributed by atoms with Crippen LogP contribution in [-0.2, 0) is 17.2 Å². The van der Waals surface area contributed by atoms with Crippen molar-refractivity contribution in [1.82, 2.24) is 20.1 Å². The fourth-order valence-corrected chi connectivity index (χ4v) is 10.1. The Morgan fingerprint density at radius 2 is 1.95 bits per heavy atom. The van der Waals surface area contributed by atoms with Gasteiger partial charge in [-0.25, -0.2) is 4.68 Å². The van der Waals surface area contributed by atoms with E-state index in [-0.39, 0.29) is 5.91 Å². The van der Waals surface area contributed by atoms with Crippen LogP contribution in [0.3, 0.4) is 0 Å². The van der Waals surface area contributed by atoms with Gasteiger partial charge in [0.25, 0.3) is 5.91 Å². The number of aromatic nitrogens is 3. The number of aliphatic imine (C=N–C) groups is 1. The summed E-state index contributed by atoms with van der Waals surface area (Å²) >= 11 is 0. The van der Waals surface area contributed by atoms with Crippen LogP contribution in [0.4, 0.5) is 17.1 Å². The van der Waals surface area contributed by atoms with Gasteiger partial charge in [0, 0.05) is 42.0 Å². The number of amides is 1. The Labute approximate surface area is 246 Å². The molecule has 1 amide bonds. The van der Waals surface area contributed by atoms with Gasteiger partial charge in [0.2, 0.25) is 11.8 Å². The first-order valence-corrected chi connectivity index (χ1v) is 16.8. The number of carbonyl (C=O) groups is 1. The number of nitrogens with one attached hydrogen (secondary N) is 3. The molecule has 3 N–H and O–H groups in total. The van der Waals surface area contributed by atoms with Crippen LogP contribution in [0.2, 0.25) is 0 Å². The molecule has 6 heterocycles. The molecule has 2 unspecified atom stereocenters. The van der Waals surface area contributed by atoms with Crippen LogP contribution in [0, 0.1) is 24.7 Å². The number of nitrogens with zero attached hydrogens (tertiary/aromatic N) is 5. The second-order valence-corrected chi connectivity index (χ2v) is 15.0. The van der Waals surface area contributed by atoms with E-state index < -0.39 is 10.1 Å². The number of aryl methyl sites for hydroxylation is 2. The van der Waals surface area contributed by atoms with E-state index in [4.69, 9.17) is 4.74 Å². The Morgan fingerprint density at radius 1 is 1.14 bits per heavy atom. The van der Waals surface area contributed by atoms with Crippen LogP contribution >= 0.6 is 0 Å². The minimum Gasteiger partial charge on any atom is -0.477 e. The Kier molecular flexibility index (Phi) is 6.77. The second-order valence-electron chi connectivity index (χ2n) is 12.2. The summed E-state index contributed by atoms with van der Waals surface area (Å²) in [5.41, 5.74) is 5.18. The van der Waals surface area contributed by atoms with Crippen molar-refractivity contribution in [2.45, 2.75) is 26.7 Å². The third kappa shape index (κ3) is 5.06. The van der Waals surface area contributed by atoms with Crippen LogP contribution in [0.1, 0.15) is 35.8 Å². The summed E-state index contributed by atoms with van der Waals surface area (Å²) in [5.74, 6) is 3.51. The summed E-state index contributed by atoms with van der Waals surface area (Å²) < 4.78 is 25.1. The number of ether oxygens (including phenoxy) is 1. The van der Waals surface area contributed by atoms with Crippen molar-refractivity contribution in [3.05, 3.63) is 47.8 Å². The van der Waals surface area contributed by atoms with E-state index in [0.717, 1.165) is 60.1 Å². The topological polar surface area (TPSA) is 126 Å². The summed E-state index contributed by atoms with van der Waals surface area (Å²) in [6.45, 7) is 7.19. The number of pyridine rings is 1. The van der Waals surface area contributed by atoms with Gasteiger partial charge in [0.15, 0.2) is 0 Å². The van der Waals surface area contributed by atoms with Crippen molar-refractivity contribution >= 4 is 39.0 Å². The lowest BCUT2D eigenvalue weighted by Gasteiger charge is -2.25. The number of rotatable bonds is 2. The average molecular weight is 591 g/mol. The molecule has 4 aliphatic rings. The molecule has 0 saturated carbocycles. The standard InChI is InChI=1S/C30H38N8O3S/c1-18-5-4-8-41-29-24(14-32-37(29)3)26-10-20(9-19(2)33-26)28(39)35-30-34-25-7-6-23(11-27(25)38(30)15-18)36-42(40)16-21-12-31-13-22(21)17-42/h6-7,9-11,14,18,21-22,31,42H,4-5,8,12-13,15-17H2,1-3H3,(H,36,40)(H,34,35,39)/t18-,21?,22?/m1/s1. The Balaban J connectivity index is 1.22. The van der Waals surface area contributed by atoms with Crippen molar-refractivity contribution in [3.63, 3.8) is 0 Å². The molecule has 7 rings (SSSR count). The monoisotopic (exact) mass is 590 g/mol. The quantitative estimate of drug-likeness (QED) is 0.336. The molecule has 2 aromatic heterocycles. The average Bonchev–Trinajstić information content (AvgIpc) is 3.69. The van der Waals surface area contributed by atoms with Gasteiger partial charge in [0.05, 0.1) is 35.4 Å². The largest absolute Gasteiger partial charge is 0.477 e. The second kappa shape index (κ2) is 10.5. The molecule has 2 saturated heterocycles. The maximum absolute atomic E-state index is 13.8. The van der Waals surface area contributed by atoms with Gasteiger partial charge >= 0.3 is 0 Å². The highest BCUT2D eigenvalue weighted by atomic mass is 32.3. The molecule has 12 heteroatoms. The van der Waals surface area contributed by atoms with E-state index in [1.54, 1.807) is 23.0 Å². The highest BCUT2D eigenvalue weighted by molar-refractivity contribution is 8.04. The molecule has 3 atom stereocenters. The first-order chi connectivity index (χ1) is 20.2. The molecule has 1 aromatic carbocycles. The zero-order valence-corrected chi connectivity index (χ0v) is 25.2. The molecule has 3 aromatic rings. The molecule has 222 valence electrons. The highest BCUT2D eigenvalue weighted by Gasteiger charge is 2.41. The molecule has 2 bridgehead atoms. The SMILES string of the molecule is Cc1cc2cc(n1)-c1cnn(C)c1OCCC[C@@H](C)CN1/C(=N/C2=O)Nc2ccc(N[SH]3(=O)CC4CNCC4C3)cc21. The van der Waals surface area contributed by atoms with Crippen molar-refractivity contribution in [3.8, 4) is 17.1 Å². The smallest absolute Gasteiger partial charge is 0.280 e. The number of carbonyl (C=O) groups excluding carboxylic acids is 1. The summed E-state index contributed by atoms with van der Waals surface area (Å²) in [6.07, 6.45) is 3.51. The first kappa shape index (κ1) is 27.1. The Hall–Kier alpha value is -3.77. The first-order valence-electron chi connectivity index (χ1n) is 14.8. The van der Waals surface area contributed by atoms with E-state index >= 15 is 0 Å². The molecule has 0 radical (unpaired) electrons. The molecular formula is C30H38N8O3S. The molecule has 0 aliphatic carbocycles. The van der Waals surface area contributed by atoms with Crippen LogP contribution in [0.25, 0.3) is 11.3 Å². The maximum Gasteiger partial charge on any atom is 0.280 e. The van der Waals surface area contributed by atoms with Gasteiger partial charge in [-0.15, -0.1) is 0 Å². The number of fused-ring (bicyclic) bond motifs is 8. The lowest BCUT2D eigenvalue weighted by atomic mass is 10.0. The number of guanidine groups is 1. The Bertz CT molecular complexity index is 1620. The van der Waals surface area contributed by atoms with Gasteiger partial charge < -0.3 is 25.0 Å². The highest BCUT2D eigenvalue weighted by Crippen LogP contribution is 2.39. The Morgan fingerprint density at radius 3 is 2.76 bits per heavy atom. The van der Waals surface area contributed by atoms with Crippen LogP contribution in [-0.4, -0.2) is 68.6 Å². The van der Waals surface area contributed by atoms with Gasteiger partial charge in [-0.05, 0) is 91.1 Å². The maximum atomic E-state index is 13.8. The number of hydrogen-bond acceptors (Lipinski definition) is 8. The zero-order chi connectivity index (χ0) is 29.0. The van der Waals surface area contributed by atoms with Gasteiger partial charge in [0.1, 0.15) is 0 Å². The van der Waals surface area contributed by atoms with E-state index in [0.29, 0.717) is 59.7 Å². The third-order valence-electron chi connectivity index (χ3n) is 8.80. The van der Waals surface area contributed by atoms with Crippen LogP contribution in [0.5, 0.6) is 5.88 Å². The number of anilines is 3. The molecular weight excluding hydrogens is 552 g/mol. The van der Waals surface area contributed by atoms with Crippen molar-refractivity contribution in [1.29, 1.82) is 0 Å². The predicted octanol–water partition coefficient (Wildman–Crippen LogP) is 3.22. The van der Waals surface area contributed by atoms with Crippen molar-refractivity contribution in [2.24, 2.45) is 29.8 Å². The zero-order valence-electron chi connectivity index (χ0n) is 24.3. The molecule has 11 nitrogen and oxygen atoms in total. The van der Waals surface area contributed by atoms with Crippen molar-refractivity contribution in [2.75, 3.05) is 52.7 Å². The lowest BCUT2D eigenvalue weighted by molar-refractivity contribution is 0.100. The number of benzene rings is 1. The van der Waals surface area contributed by atoms with E-state index in [1.165, 1.54) is 0 Å². The summed E-state index contributed by atoms with van der Waals surface area (Å²) in [6, 6.07) is 9.51. The van der Waals surface area contributed by atoms with Gasteiger partial charge in [-0.2, -0.15) is 10.1 Å². The van der Waals surface area contributed by atoms with Crippen LogP contribution in [0.15, 0.2) is 41.5 Å². The minimum atomic E-state index is -2.50. The van der Waals surface area contributed by atoms with E-state index in [2.05, 4.69) is 42.3 Å². The number of hydrogen-bond donors (Lipinski definition) is 4. The van der Waals surface area contributed by atoms with Gasteiger partial charge in [-0.1, -0.05) is 6.92 Å². The fourth-order valence-electron chi connectivity index (χ4n) is 6.75. The van der Waals surface area contributed by atoms with Gasteiger partial charge in [-0.3, -0.25) is 14.0 Å². The molecule has 42 heavy (non-hydrogen) atoms. The predicted molar refractivity (Wildman–Crippen MR) is 167 cm³/mol. The van der Waals surface area contributed by atoms with Crippen LogP contribution < -0.4 is 25.0 Å². The van der Waals surface area contributed by atoms with E-state index in [1.807, 2.05) is 32.2 Å². The summed E-state index contributed by atoms with van der Waals surface area (Å²) in [7, 11) is -0.660. The molecule has 2 fully saturated rings. The van der Waals surface area contributed by atoms with E-state index in [9.17, 15) is 9.00 Å². The minimum absolute atomic E-state index is 0.291. The third-order valence-corrected chi connectivity index (χ3v) is 11.6. The summed E-state index contributed by atoms with van der Waals surface area (Å²) in [4.78, 5) is 25.0.